The van der Waals surface area contributed by atoms with Gasteiger partial charge in [0.1, 0.15) is 0 Å². The van der Waals surface area contributed by atoms with Gasteiger partial charge in [0.05, 0.1) is 0 Å². The van der Waals surface area contributed by atoms with Crippen LogP contribution in [0.3, 0.4) is 0 Å². The van der Waals surface area contributed by atoms with Gasteiger partial charge in [0.25, 0.3) is 0 Å². The van der Waals surface area contributed by atoms with Crippen LogP contribution in [0.1, 0.15) is 6.92 Å². The Hall–Kier alpha value is -1.99. The van der Waals surface area contributed by atoms with E-state index in [2.05, 4.69) is 4.74 Å². The van der Waals surface area contributed by atoms with E-state index in [0.717, 1.165) is 0 Å². The maximum absolute atomic E-state index is 12.9. The van der Waals surface area contributed by atoms with E-state index in [-0.39, 0.29) is 0 Å². The van der Waals surface area contributed by atoms with E-state index in [1.807, 2.05) is 0 Å². The van der Waals surface area contributed by atoms with Crippen LogP contribution in [0, 0.1) is 29.1 Å². The largest absolute Gasteiger partial charge is 0.414 e. The van der Waals surface area contributed by atoms with Gasteiger partial charge in [-0.3, -0.25) is 4.79 Å². The fourth-order valence-electron chi connectivity index (χ4n) is 0.839. The van der Waals surface area contributed by atoms with E-state index in [1.54, 1.807) is 0 Å². The van der Waals surface area contributed by atoms with E-state index in [1.165, 1.54) is 0 Å². The van der Waals surface area contributed by atoms with Crippen LogP contribution in [-0.2, 0) is 9.59 Å². The fourth-order valence-corrected chi connectivity index (χ4v) is 0.839. The molecule has 3 nitrogen and oxygen atoms in total. The first-order valence-corrected chi connectivity index (χ1v) is 4.01. The van der Waals surface area contributed by atoms with Crippen molar-refractivity contribution in [1.82, 2.24) is 0 Å². The maximum Gasteiger partial charge on any atom is 0.379 e. The van der Waals surface area contributed by atoms with Gasteiger partial charge in [0.15, 0.2) is 0 Å². The van der Waals surface area contributed by atoms with Crippen molar-refractivity contribution in [3.05, 3.63) is 29.1 Å². The van der Waals surface area contributed by atoms with Crippen LogP contribution < -0.4 is 4.74 Å². The normalized spacial score (nSPS) is 10.2. The smallest absolute Gasteiger partial charge is 0.379 e. The first-order chi connectivity index (χ1) is 7.77. The Balaban J connectivity index is 3.35. The molecule has 0 atom stereocenters. The Kier molecular flexibility index (Phi) is 3.45. The number of hydrogen-bond acceptors (Lipinski definition) is 3. The van der Waals surface area contributed by atoms with Crippen LogP contribution in [0.25, 0.3) is 0 Å². The second-order valence-electron chi connectivity index (χ2n) is 2.84. The standard InChI is InChI=1S/C9H3F5O3/c1-2(15)9(16)17-8-6(13)4(11)3(10)5(12)7(8)14/h1H3. The van der Waals surface area contributed by atoms with Gasteiger partial charge in [0, 0.05) is 6.92 Å². The van der Waals surface area contributed by atoms with Crippen LogP contribution >= 0.6 is 0 Å². The number of hydrogen-bond donors (Lipinski definition) is 0. The molecule has 8 heteroatoms. The second-order valence-corrected chi connectivity index (χ2v) is 2.84. The van der Waals surface area contributed by atoms with E-state index in [9.17, 15) is 31.5 Å². The highest BCUT2D eigenvalue weighted by Crippen LogP contribution is 2.29. The molecule has 0 heterocycles. The van der Waals surface area contributed by atoms with E-state index in [0.29, 0.717) is 6.92 Å². The topological polar surface area (TPSA) is 43.4 Å². The number of esters is 1. The molecular weight excluding hydrogens is 251 g/mol. The van der Waals surface area contributed by atoms with E-state index < -0.39 is 46.6 Å². The number of Topliss-reactive ketones (excluding diaryl/α,β-unsaturated/α-hetero) is 1. The lowest BCUT2D eigenvalue weighted by Crippen LogP contribution is -2.19. The summed E-state index contributed by atoms with van der Waals surface area (Å²) in [5.74, 6) is -16.4. The Labute approximate surface area is 90.8 Å². The minimum Gasteiger partial charge on any atom is -0.414 e. The summed E-state index contributed by atoms with van der Waals surface area (Å²) >= 11 is 0. The summed E-state index contributed by atoms with van der Waals surface area (Å²) in [6.07, 6.45) is 0. The quantitative estimate of drug-likeness (QED) is 0.202. The van der Waals surface area contributed by atoms with Crippen LogP contribution in [0.2, 0.25) is 0 Å². The fraction of sp³-hybridized carbons (Fsp3) is 0.111. The number of benzene rings is 1. The second kappa shape index (κ2) is 4.48. The number of carbonyl (C=O) groups is 2. The summed E-state index contributed by atoms with van der Waals surface area (Å²) in [7, 11) is 0. The van der Waals surface area contributed by atoms with E-state index >= 15 is 0 Å². The van der Waals surface area contributed by atoms with Gasteiger partial charge >= 0.3 is 5.97 Å². The Morgan fingerprint density at radius 3 is 1.53 bits per heavy atom. The van der Waals surface area contributed by atoms with Gasteiger partial charge in [-0.25, -0.2) is 18.0 Å². The zero-order valence-corrected chi connectivity index (χ0v) is 8.11. The first-order valence-electron chi connectivity index (χ1n) is 4.01. The van der Waals surface area contributed by atoms with Crippen molar-refractivity contribution in [2.75, 3.05) is 0 Å². The van der Waals surface area contributed by atoms with Gasteiger partial charge in [-0.05, 0) is 0 Å². The predicted molar refractivity (Wildman–Crippen MR) is 42.5 cm³/mol. The lowest BCUT2D eigenvalue weighted by Gasteiger charge is -2.07. The molecule has 0 aliphatic carbocycles. The van der Waals surface area contributed by atoms with Gasteiger partial charge in [-0.1, -0.05) is 0 Å². The Bertz CT molecular complexity index is 483. The molecule has 1 rings (SSSR count). The third-order valence-corrected chi connectivity index (χ3v) is 1.65. The van der Waals surface area contributed by atoms with Crippen molar-refractivity contribution in [2.45, 2.75) is 6.92 Å². The third kappa shape index (κ3) is 2.24. The average Bonchev–Trinajstić information content (AvgIpc) is 2.29. The molecule has 0 saturated heterocycles. The number of rotatable bonds is 2. The highest BCUT2D eigenvalue weighted by molar-refractivity contribution is 6.33. The first kappa shape index (κ1) is 13.1. The summed E-state index contributed by atoms with van der Waals surface area (Å²) in [4.78, 5) is 21.1. The average molecular weight is 254 g/mol. The summed E-state index contributed by atoms with van der Waals surface area (Å²) in [5, 5.41) is 0. The number of halogens is 5. The van der Waals surface area contributed by atoms with E-state index in [4.69, 9.17) is 0 Å². The van der Waals surface area contributed by atoms with Crippen molar-refractivity contribution in [3.63, 3.8) is 0 Å². The zero-order chi connectivity index (χ0) is 13.3. The minimum atomic E-state index is -2.39. The summed E-state index contributed by atoms with van der Waals surface area (Å²) in [6, 6.07) is 0. The molecule has 1 aromatic rings. The van der Waals surface area contributed by atoms with Crippen LogP contribution in [-0.4, -0.2) is 11.8 Å². The highest BCUT2D eigenvalue weighted by atomic mass is 19.2. The van der Waals surface area contributed by atoms with Gasteiger partial charge in [-0.2, -0.15) is 8.78 Å². The summed E-state index contributed by atoms with van der Waals surface area (Å²) < 4.78 is 67.4. The number of ether oxygens (including phenoxy) is 1. The molecule has 0 unspecified atom stereocenters. The Morgan fingerprint density at radius 2 is 1.18 bits per heavy atom. The molecule has 0 aromatic heterocycles. The van der Waals surface area contributed by atoms with Crippen LogP contribution in [0.4, 0.5) is 22.0 Å². The van der Waals surface area contributed by atoms with Crippen molar-refractivity contribution in [2.24, 2.45) is 0 Å². The molecule has 0 aliphatic rings. The molecule has 0 spiro atoms. The maximum atomic E-state index is 12.9. The summed E-state index contributed by atoms with van der Waals surface area (Å²) in [5.41, 5.74) is 0. The molecule has 0 bridgehead atoms. The third-order valence-electron chi connectivity index (χ3n) is 1.65. The molecule has 0 amide bonds. The minimum absolute atomic E-state index is 0.703. The van der Waals surface area contributed by atoms with Gasteiger partial charge in [-0.15, -0.1) is 0 Å². The van der Waals surface area contributed by atoms with Crippen molar-refractivity contribution in [3.8, 4) is 5.75 Å². The van der Waals surface area contributed by atoms with Crippen molar-refractivity contribution < 1.29 is 36.3 Å². The van der Waals surface area contributed by atoms with Crippen molar-refractivity contribution >= 4 is 11.8 Å². The number of carbonyl (C=O) groups excluding carboxylic acids is 2. The monoisotopic (exact) mass is 254 g/mol. The molecule has 92 valence electrons. The van der Waals surface area contributed by atoms with Crippen LogP contribution in [0.5, 0.6) is 5.75 Å². The highest BCUT2D eigenvalue weighted by Gasteiger charge is 2.29. The van der Waals surface area contributed by atoms with Gasteiger partial charge in [0.2, 0.25) is 40.6 Å². The molecule has 0 N–H and O–H groups in total. The summed E-state index contributed by atoms with van der Waals surface area (Å²) in [6.45, 7) is 0.703. The molecule has 0 radical (unpaired) electrons. The number of ketones is 1. The molecule has 0 fully saturated rings. The lowest BCUT2D eigenvalue weighted by atomic mass is 10.2. The molecule has 0 aliphatic heterocycles. The Morgan fingerprint density at radius 1 is 0.824 bits per heavy atom. The van der Waals surface area contributed by atoms with Crippen molar-refractivity contribution in [1.29, 1.82) is 0 Å². The zero-order valence-electron chi connectivity index (χ0n) is 8.11. The van der Waals surface area contributed by atoms with Crippen LogP contribution in [0.15, 0.2) is 0 Å². The predicted octanol–water partition coefficient (Wildman–Crippen LogP) is 1.88. The van der Waals surface area contributed by atoms with Gasteiger partial charge < -0.3 is 4.74 Å². The SMILES string of the molecule is CC(=O)C(=O)Oc1c(F)c(F)c(F)c(F)c1F. The lowest BCUT2D eigenvalue weighted by molar-refractivity contribution is -0.146. The molecule has 17 heavy (non-hydrogen) atoms. The molecule has 0 saturated carbocycles. The molecule has 1 aromatic carbocycles. The molecular formula is C9H3F5O3.